The molecule has 118 valence electrons. The number of hydrogen-bond acceptors (Lipinski definition) is 3. The molecule has 1 N–H and O–H groups in total. The molecule has 2 aromatic rings. The lowest BCUT2D eigenvalue weighted by Gasteiger charge is -2.26. The second kappa shape index (κ2) is 5.81. The van der Waals surface area contributed by atoms with Crippen molar-refractivity contribution in [3.05, 3.63) is 41.3 Å². The van der Waals surface area contributed by atoms with Crippen LogP contribution in [0, 0.1) is 5.82 Å². The van der Waals surface area contributed by atoms with Crippen molar-refractivity contribution < 1.29 is 12.8 Å². The van der Waals surface area contributed by atoms with Crippen molar-refractivity contribution in [3.8, 4) is 11.3 Å². The van der Waals surface area contributed by atoms with Gasteiger partial charge in [0.2, 0.25) is 10.0 Å². The van der Waals surface area contributed by atoms with Crippen molar-refractivity contribution in [2.75, 3.05) is 12.3 Å². The second-order valence-electron chi connectivity index (χ2n) is 5.41. The lowest BCUT2D eigenvalue weighted by Crippen LogP contribution is -2.37. The molecule has 0 fully saturated rings. The number of hydrogen-bond donors (Lipinski definition) is 1. The normalized spacial score (nSPS) is 15.7. The number of benzene rings is 1. The third-order valence-corrected chi connectivity index (χ3v) is 5.91. The highest BCUT2D eigenvalue weighted by atomic mass is 32.2. The first-order chi connectivity index (χ1) is 10.5. The van der Waals surface area contributed by atoms with Crippen molar-refractivity contribution >= 4 is 10.0 Å². The van der Waals surface area contributed by atoms with E-state index < -0.39 is 10.0 Å². The summed E-state index contributed by atoms with van der Waals surface area (Å²) < 4.78 is 40.0. The molecule has 3 rings (SSSR count). The van der Waals surface area contributed by atoms with Crippen LogP contribution in [0.2, 0.25) is 0 Å². The van der Waals surface area contributed by atoms with Crippen LogP contribution >= 0.6 is 0 Å². The van der Waals surface area contributed by atoms with Gasteiger partial charge < -0.3 is 0 Å². The first-order valence-electron chi connectivity index (χ1n) is 7.31. The molecule has 1 aliphatic heterocycles. The molecule has 5 nitrogen and oxygen atoms in total. The standard InChI is InChI=1S/C15H18FN3O2S/c1-2-9-22(20,21)19-8-7-14-12(10-19)15(18-17-14)11-5-3-4-6-13(11)16/h3-6H,2,7-10H2,1H3,(H,17,18). The highest BCUT2D eigenvalue weighted by molar-refractivity contribution is 7.89. The quantitative estimate of drug-likeness (QED) is 0.939. The zero-order valence-electron chi connectivity index (χ0n) is 12.3. The zero-order valence-corrected chi connectivity index (χ0v) is 13.2. The molecule has 0 saturated carbocycles. The van der Waals surface area contributed by atoms with Crippen molar-refractivity contribution in [1.29, 1.82) is 0 Å². The molecule has 1 aromatic heterocycles. The van der Waals surface area contributed by atoms with Gasteiger partial charge in [0.15, 0.2) is 0 Å². The predicted octanol–water partition coefficient (Wildman–Crippen LogP) is 2.31. The van der Waals surface area contributed by atoms with Crippen LogP contribution in [0.5, 0.6) is 0 Å². The van der Waals surface area contributed by atoms with E-state index in [0.717, 1.165) is 11.3 Å². The van der Waals surface area contributed by atoms with Crippen molar-refractivity contribution in [2.45, 2.75) is 26.3 Å². The largest absolute Gasteiger partial charge is 0.282 e. The van der Waals surface area contributed by atoms with E-state index in [9.17, 15) is 12.8 Å². The molecule has 22 heavy (non-hydrogen) atoms. The van der Waals surface area contributed by atoms with Crippen LogP contribution in [0.4, 0.5) is 4.39 Å². The topological polar surface area (TPSA) is 66.1 Å². The molecule has 0 bridgehead atoms. The van der Waals surface area contributed by atoms with Gasteiger partial charge in [-0.05, 0) is 18.6 Å². The van der Waals surface area contributed by atoms with Crippen LogP contribution in [-0.4, -0.2) is 35.2 Å². The minimum absolute atomic E-state index is 0.134. The van der Waals surface area contributed by atoms with Gasteiger partial charge in [0.1, 0.15) is 5.82 Å². The maximum atomic E-state index is 14.0. The Balaban J connectivity index is 1.98. The maximum Gasteiger partial charge on any atom is 0.214 e. The van der Waals surface area contributed by atoms with E-state index in [-0.39, 0.29) is 18.1 Å². The number of aromatic amines is 1. The molecule has 7 heteroatoms. The van der Waals surface area contributed by atoms with Gasteiger partial charge in [-0.3, -0.25) is 5.10 Å². The van der Waals surface area contributed by atoms with E-state index in [0.29, 0.717) is 30.6 Å². The van der Waals surface area contributed by atoms with Gasteiger partial charge >= 0.3 is 0 Å². The van der Waals surface area contributed by atoms with Gasteiger partial charge in [0, 0.05) is 36.3 Å². The molecular formula is C15H18FN3O2S. The molecule has 1 aromatic carbocycles. The molecule has 0 unspecified atom stereocenters. The van der Waals surface area contributed by atoms with Crippen LogP contribution in [0.25, 0.3) is 11.3 Å². The maximum absolute atomic E-state index is 14.0. The summed E-state index contributed by atoms with van der Waals surface area (Å²) in [4.78, 5) is 0. The molecule has 0 radical (unpaired) electrons. The minimum Gasteiger partial charge on any atom is -0.282 e. The smallest absolute Gasteiger partial charge is 0.214 e. The highest BCUT2D eigenvalue weighted by Gasteiger charge is 2.29. The highest BCUT2D eigenvalue weighted by Crippen LogP contribution is 2.30. The first kappa shape index (κ1) is 15.2. The number of H-pyrrole nitrogens is 1. The Morgan fingerprint density at radius 3 is 2.86 bits per heavy atom. The van der Waals surface area contributed by atoms with E-state index >= 15 is 0 Å². The summed E-state index contributed by atoms with van der Waals surface area (Å²) in [5, 5.41) is 7.12. The Bertz CT molecular complexity index is 786. The van der Waals surface area contributed by atoms with E-state index in [4.69, 9.17) is 0 Å². The lowest BCUT2D eigenvalue weighted by molar-refractivity contribution is 0.390. The average molecular weight is 323 g/mol. The predicted molar refractivity (Wildman–Crippen MR) is 82.2 cm³/mol. The summed E-state index contributed by atoms with van der Waals surface area (Å²) in [7, 11) is -3.27. The molecule has 0 amide bonds. The second-order valence-corrected chi connectivity index (χ2v) is 7.50. The summed E-state index contributed by atoms with van der Waals surface area (Å²) in [6, 6.07) is 6.40. The van der Waals surface area contributed by atoms with E-state index in [2.05, 4.69) is 10.2 Å². The van der Waals surface area contributed by atoms with Crippen LogP contribution < -0.4 is 0 Å². The Hall–Kier alpha value is -1.73. The molecule has 2 heterocycles. The summed E-state index contributed by atoms with van der Waals surface area (Å²) >= 11 is 0. The van der Waals surface area contributed by atoms with Crippen LogP contribution in [-0.2, 0) is 23.0 Å². The summed E-state index contributed by atoms with van der Waals surface area (Å²) in [5.41, 5.74) is 2.57. The van der Waals surface area contributed by atoms with Gasteiger partial charge in [-0.1, -0.05) is 19.1 Å². The monoisotopic (exact) mass is 323 g/mol. The fourth-order valence-corrected chi connectivity index (χ4v) is 4.24. The Kier molecular flexibility index (Phi) is 4.01. The average Bonchev–Trinajstić information content (AvgIpc) is 2.90. The minimum atomic E-state index is -3.27. The van der Waals surface area contributed by atoms with Gasteiger partial charge in [0.25, 0.3) is 0 Å². The van der Waals surface area contributed by atoms with Gasteiger partial charge in [-0.15, -0.1) is 0 Å². The van der Waals surface area contributed by atoms with Crippen LogP contribution in [0.3, 0.4) is 0 Å². The van der Waals surface area contributed by atoms with Crippen LogP contribution in [0.15, 0.2) is 24.3 Å². The number of fused-ring (bicyclic) bond motifs is 1. The lowest BCUT2D eigenvalue weighted by atomic mass is 10.0. The van der Waals surface area contributed by atoms with E-state index in [1.807, 2.05) is 6.92 Å². The third-order valence-electron chi connectivity index (χ3n) is 3.88. The summed E-state index contributed by atoms with van der Waals surface area (Å²) in [6.07, 6.45) is 1.15. The number of rotatable bonds is 4. The molecular weight excluding hydrogens is 305 g/mol. The molecule has 0 spiro atoms. The molecule has 1 aliphatic rings. The van der Waals surface area contributed by atoms with Crippen LogP contribution in [0.1, 0.15) is 24.6 Å². The first-order valence-corrected chi connectivity index (χ1v) is 8.92. The van der Waals surface area contributed by atoms with E-state index in [1.54, 1.807) is 18.2 Å². The fraction of sp³-hybridized carbons (Fsp3) is 0.400. The van der Waals surface area contributed by atoms with Crippen molar-refractivity contribution in [1.82, 2.24) is 14.5 Å². The van der Waals surface area contributed by atoms with Crippen molar-refractivity contribution in [2.24, 2.45) is 0 Å². The van der Waals surface area contributed by atoms with Gasteiger partial charge in [-0.25, -0.2) is 12.8 Å². The number of sulfonamides is 1. The summed E-state index contributed by atoms with van der Waals surface area (Å²) in [5.74, 6) is -0.222. The van der Waals surface area contributed by atoms with Crippen molar-refractivity contribution in [3.63, 3.8) is 0 Å². The Morgan fingerprint density at radius 2 is 2.14 bits per heavy atom. The van der Waals surface area contributed by atoms with Gasteiger partial charge in [-0.2, -0.15) is 9.40 Å². The number of nitrogens with zero attached hydrogens (tertiary/aromatic N) is 2. The molecule has 0 aliphatic carbocycles. The Labute approximate surface area is 129 Å². The zero-order chi connectivity index (χ0) is 15.7. The number of nitrogens with one attached hydrogen (secondary N) is 1. The number of aromatic nitrogens is 2. The fourth-order valence-electron chi connectivity index (χ4n) is 2.77. The Morgan fingerprint density at radius 1 is 1.36 bits per heavy atom. The molecule has 0 saturated heterocycles. The summed E-state index contributed by atoms with van der Waals surface area (Å²) in [6.45, 7) is 2.53. The SMILES string of the molecule is CCCS(=O)(=O)N1CCc2[nH]nc(-c3ccccc3F)c2C1. The number of halogens is 1. The van der Waals surface area contributed by atoms with E-state index in [1.165, 1.54) is 10.4 Å². The molecule has 0 atom stereocenters. The third kappa shape index (κ3) is 2.66. The van der Waals surface area contributed by atoms with Gasteiger partial charge in [0.05, 0.1) is 11.4 Å².